The van der Waals surface area contributed by atoms with E-state index >= 15 is 0 Å². The maximum atomic E-state index is 11.5. The van der Waals surface area contributed by atoms with Crippen LogP contribution in [0.2, 0.25) is 0 Å². The molecule has 0 unspecified atom stereocenters. The van der Waals surface area contributed by atoms with Crippen LogP contribution < -0.4 is 5.32 Å². The van der Waals surface area contributed by atoms with Gasteiger partial charge in [-0.1, -0.05) is 12.1 Å². The summed E-state index contributed by atoms with van der Waals surface area (Å²) in [5.41, 5.74) is 0.965. The standard InChI is InChI=1S/C12H14INO3/c13-10-4-1-3-9(7-10)8-11(15)14-6-2-5-12(16)17/h1,3-4,7H,2,5-6,8H2,(H,14,15)(H,16,17). The van der Waals surface area contributed by atoms with Crippen molar-refractivity contribution in [3.8, 4) is 0 Å². The molecular weight excluding hydrogens is 333 g/mol. The van der Waals surface area contributed by atoms with Crippen LogP contribution in [0.5, 0.6) is 0 Å². The number of carbonyl (C=O) groups is 2. The summed E-state index contributed by atoms with van der Waals surface area (Å²) < 4.78 is 1.10. The molecule has 0 aliphatic heterocycles. The summed E-state index contributed by atoms with van der Waals surface area (Å²) in [5.74, 6) is -0.908. The van der Waals surface area contributed by atoms with E-state index in [1.54, 1.807) is 0 Å². The van der Waals surface area contributed by atoms with Gasteiger partial charge in [0.15, 0.2) is 0 Å². The van der Waals surface area contributed by atoms with Crippen molar-refractivity contribution in [3.05, 3.63) is 33.4 Å². The zero-order valence-electron chi connectivity index (χ0n) is 9.28. The predicted octanol–water partition coefficient (Wildman–Crippen LogP) is 1.81. The molecule has 1 aromatic carbocycles. The number of carbonyl (C=O) groups excluding carboxylic acids is 1. The first kappa shape index (κ1) is 14.0. The topological polar surface area (TPSA) is 66.4 Å². The summed E-state index contributed by atoms with van der Waals surface area (Å²) in [6.07, 6.45) is 0.890. The Kier molecular flexibility index (Phi) is 5.96. The van der Waals surface area contributed by atoms with Crippen LogP contribution in [0.25, 0.3) is 0 Å². The summed E-state index contributed by atoms with van der Waals surface area (Å²) >= 11 is 2.20. The molecule has 1 aromatic rings. The van der Waals surface area contributed by atoms with E-state index in [0.717, 1.165) is 9.13 Å². The maximum absolute atomic E-state index is 11.5. The van der Waals surface area contributed by atoms with Gasteiger partial charge in [0.1, 0.15) is 0 Å². The largest absolute Gasteiger partial charge is 0.481 e. The van der Waals surface area contributed by atoms with Crippen LogP contribution >= 0.6 is 22.6 Å². The highest BCUT2D eigenvalue weighted by molar-refractivity contribution is 14.1. The lowest BCUT2D eigenvalue weighted by Crippen LogP contribution is -2.26. The van der Waals surface area contributed by atoms with Crippen molar-refractivity contribution < 1.29 is 14.7 Å². The highest BCUT2D eigenvalue weighted by Crippen LogP contribution is 2.08. The first-order valence-electron chi connectivity index (χ1n) is 5.31. The monoisotopic (exact) mass is 347 g/mol. The average Bonchev–Trinajstić information content (AvgIpc) is 2.24. The van der Waals surface area contributed by atoms with E-state index in [1.807, 2.05) is 24.3 Å². The van der Waals surface area contributed by atoms with Crippen molar-refractivity contribution in [2.45, 2.75) is 19.3 Å². The quantitative estimate of drug-likeness (QED) is 0.609. The predicted molar refractivity (Wildman–Crippen MR) is 72.7 cm³/mol. The van der Waals surface area contributed by atoms with Gasteiger partial charge in [-0.2, -0.15) is 0 Å². The third-order valence-corrected chi connectivity index (χ3v) is 2.81. The zero-order chi connectivity index (χ0) is 12.7. The van der Waals surface area contributed by atoms with Gasteiger partial charge in [0.05, 0.1) is 6.42 Å². The zero-order valence-corrected chi connectivity index (χ0v) is 11.4. The first-order chi connectivity index (χ1) is 8.08. The molecule has 2 N–H and O–H groups in total. The normalized spacial score (nSPS) is 9.94. The van der Waals surface area contributed by atoms with Crippen molar-refractivity contribution in [1.29, 1.82) is 0 Å². The van der Waals surface area contributed by atoms with Crippen molar-refractivity contribution in [2.24, 2.45) is 0 Å². The number of hydrogen-bond acceptors (Lipinski definition) is 2. The molecule has 17 heavy (non-hydrogen) atoms. The van der Waals surface area contributed by atoms with Crippen LogP contribution in [-0.4, -0.2) is 23.5 Å². The number of halogens is 1. The molecule has 0 aliphatic carbocycles. The molecule has 4 nitrogen and oxygen atoms in total. The first-order valence-corrected chi connectivity index (χ1v) is 6.39. The smallest absolute Gasteiger partial charge is 0.303 e. The van der Waals surface area contributed by atoms with Gasteiger partial charge in [-0.25, -0.2) is 0 Å². The molecule has 0 saturated carbocycles. The molecule has 0 fully saturated rings. The fourth-order valence-electron chi connectivity index (χ4n) is 1.36. The lowest BCUT2D eigenvalue weighted by atomic mass is 10.1. The molecule has 1 rings (SSSR count). The lowest BCUT2D eigenvalue weighted by molar-refractivity contribution is -0.137. The SMILES string of the molecule is O=C(O)CCCNC(=O)Cc1cccc(I)c1. The Hall–Kier alpha value is -1.11. The van der Waals surface area contributed by atoms with Crippen LogP contribution in [0.1, 0.15) is 18.4 Å². The fourth-order valence-corrected chi connectivity index (χ4v) is 1.97. The van der Waals surface area contributed by atoms with Gasteiger partial charge < -0.3 is 10.4 Å². The number of nitrogens with one attached hydrogen (secondary N) is 1. The molecule has 0 radical (unpaired) electrons. The Morgan fingerprint density at radius 1 is 1.35 bits per heavy atom. The average molecular weight is 347 g/mol. The summed E-state index contributed by atoms with van der Waals surface area (Å²) in [5, 5.41) is 11.1. The molecule has 5 heteroatoms. The molecule has 0 heterocycles. The van der Waals surface area contributed by atoms with E-state index < -0.39 is 5.97 Å². The molecule has 0 saturated heterocycles. The minimum absolute atomic E-state index is 0.0719. The Balaban J connectivity index is 2.27. The number of amides is 1. The maximum Gasteiger partial charge on any atom is 0.303 e. The molecular formula is C12H14INO3. The van der Waals surface area contributed by atoms with E-state index in [4.69, 9.17) is 5.11 Å². The van der Waals surface area contributed by atoms with Crippen molar-refractivity contribution in [2.75, 3.05) is 6.54 Å². The molecule has 0 atom stereocenters. The highest BCUT2D eigenvalue weighted by Gasteiger charge is 2.03. The molecule has 0 bridgehead atoms. The van der Waals surface area contributed by atoms with Gasteiger partial charge in [-0.05, 0) is 46.7 Å². The number of hydrogen-bond donors (Lipinski definition) is 2. The van der Waals surface area contributed by atoms with Crippen LogP contribution in [0.3, 0.4) is 0 Å². The third-order valence-electron chi connectivity index (χ3n) is 2.14. The summed E-state index contributed by atoms with van der Waals surface area (Å²) in [6.45, 7) is 0.412. The summed E-state index contributed by atoms with van der Waals surface area (Å²) in [4.78, 5) is 21.8. The van der Waals surface area contributed by atoms with Gasteiger partial charge >= 0.3 is 5.97 Å². The van der Waals surface area contributed by atoms with E-state index in [0.29, 0.717) is 19.4 Å². The van der Waals surface area contributed by atoms with Crippen LogP contribution in [0, 0.1) is 3.57 Å². The number of rotatable bonds is 6. The van der Waals surface area contributed by atoms with Crippen LogP contribution in [-0.2, 0) is 16.0 Å². The van der Waals surface area contributed by atoms with Gasteiger partial charge in [-0.3, -0.25) is 9.59 Å². The fraction of sp³-hybridized carbons (Fsp3) is 0.333. The molecule has 1 amide bonds. The lowest BCUT2D eigenvalue weighted by Gasteiger charge is -2.04. The number of carboxylic acid groups (broad SMARTS) is 1. The Labute approximate surface area is 114 Å². The number of carboxylic acids is 1. The van der Waals surface area contributed by atoms with E-state index in [-0.39, 0.29) is 12.3 Å². The molecule has 0 spiro atoms. The van der Waals surface area contributed by atoms with Crippen LogP contribution in [0.4, 0.5) is 0 Å². The summed E-state index contributed by atoms with van der Waals surface area (Å²) in [6, 6.07) is 7.74. The molecule has 0 aliphatic rings. The molecule has 92 valence electrons. The van der Waals surface area contributed by atoms with Gasteiger partial charge in [0.25, 0.3) is 0 Å². The third kappa shape index (κ3) is 6.25. The Bertz CT molecular complexity index is 406. The van der Waals surface area contributed by atoms with Gasteiger partial charge in [0, 0.05) is 16.5 Å². The highest BCUT2D eigenvalue weighted by atomic mass is 127. The minimum atomic E-state index is -0.836. The van der Waals surface area contributed by atoms with Crippen LogP contribution in [0.15, 0.2) is 24.3 Å². The van der Waals surface area contributed by atoms with Crippen molar-refractivity contribution in [3.63, 3.8) is 0 Å². The van der Waals surface area contributed by atoms with Crippen molar-refractivity contribution in [1.82, 2.24) is 5.32 Å². The minimum Gasteiger partial charge on any atom is -0.481 e. The van der Waals surface area contributed by atoms with E-state index in [9.17, 15) is 9.59 Å². The summed E-state index contributed by atoms with van der Waals surface area (Å²) in [7, 11) is 0. The Morgan fingerprint density at radius 3 is 2.76 bits per heavy atom. The van der Waals surface area contributed by atoms with Gasteiger partial charge in [0.2, 0.25) is 5.91 Å². The second kappa shape index (κ2) is 7.26. The van der Waals surface area contributed by atoms with Gasteiger partial charge in [-0.15, -0.1) is 0 Å². The number of aliphatic carboxylic acids is 1. The molecule has 0 aromatic heterocycles. The van der Waals surface area contributed by atoms with Crippen molar-refractivity contribution >= 4 is 34.5 Å². The Morgan fingerprint density at radius 2 is 2.12 bits per heavy atom. The second-order valence-electron chi connectivity index (χ2n) is 3.65. The van der Waals surface area contributed by atoms with E-state index in [2.05, 4.69) is 27.9 Å². The van der Waals surface area contributed by atoms with E-state index in [1.165, 1.54) is 0 Å². The second-order valence-corrected chi connectivity index (χ2v) is 4.90. The number of benzene rings is 1.